The van der Waals surface area contributed by atoms with Gasteiger partial charge in [-0.2, -0.15) is 5.16 Å². The second-order valence-electron chi connectivity index (χ2n) is 10.7. The van der Waals surface area contributed by atoms with E-state index in [-0.39, 0.29) is 18.3 Å². The van der Waals surface area contributed by atoms with Crippen molar-refractivity contribution >= 4 is 34.3 Å². The lowest BCUT2D eigenvalue weighted by atomic mass is 9.87. The van der Waals surface area contributed by atoms with Crippen LogP contribution in [-0.4, -0.2) is 42.5 Å². The third-order valence-electron chi connectivity index (χ3n) is 7.90. The molecule has 1 unspecified atom stereocenters. The fourth-order valence-corrected chi connectivity index (χ4v) is 6.49. The van der Waals surface area contributed by atoms with Gasteiger partial charge in [-0.1, -0.05) is 53.5 Å². The number of ether oxygens (including phenoxy) is 1. The van der Waals surface area contributed by atoms with E-state index >= 15 is 0 Å². The molecule has 3 aromatic carbocycles. The van der Waals surface area contributed by atoms with Crippen molar-refractivity contribution in [2.75, 3.05) is 26.3 Å². The van der Waals surface area contributed by atoms with E-state index in [1.165, 1.54) is 17.2 Å². The number of benzene rings is 3. The van der Waals surface area contributed by atoms with Gasteiger partial charge in [-0.05, 0) is 95.8 Å². The SMILES string of the molecule is O=c1cc(-c2ccc3c(c2)CCCC(c2ccc(Cl)cc2Cl)=C3c2ccc(OC3CCN(CCCF)C3)cc2)o[nH]1. The Balaban J connectivity index is 1.37. The van der Waals surface area contributed by atoms with Gasteiger partial charge in [-0.15, -0.1) is 0 Å². The van der Waals surface area contributed by atoms with Crippen LogP contribution in [0.25, 0.3) is 22.5 Å². The lowest BCUT2D eigenvalue weighted by Crippen LogP contribution is -2.26. The van der Waals surface area contributed by atoms with Crippen LogP contribution < -0.4 is 10.3 Å². The molecule has 1 atom stereocenters. The fraction of sp³-hybridized carbons (Fsp3) is 0.303. The highest BCUT2D eigenvalue weighted by atomic mass is 35.5. The molecule has 0 saturated carbocycles. The average molecular weight is 594 g/mol. The fourth-order valence-electron chi connectivity index (χ4n) is 5.97. The number of halogens is 3. The van der Waals surface area contributed by atoms with Gasteiger partial charge < -0.3 is 9.26 Å². The van der Waals surface area contributed by atoms with Crippen LogP contribution in [0, 0.1) is 0 Å². The van der Waals surface area contributed by atoms with E-state index in [0.717, 1.165) is 78.9 Å². The summed E-state index contributed by atoms with van der Waals surface area (Å²) in [5, 5.41) is 3.60. The molecule has 0 radical (unpaired) electrons. The third kappa shape index (κ3) is 6.15. The maximum atomic E-state index is 12.6. The Morgan fingerprint density at radius 3 is 2.54 bits per heavy atom. The van der Waals surface area contributed by atoms with Gasteiger partial charge in [0.15, 0.2) is 5.76 Å². The number of rotatable bonds is 8. The van der Waals surface area contributed by atoms with Gasteiger partial charge >= 0.3 is 0 Å². The first-order valence-corrected chi connectivity index (χ1v) is 14.8. The third-order valence-corrected chi connectivity index (χ3v) is 8.44. The molecule has 212 valence electrons. The molecule has 41 heavy (non-hydrogen) atoms. The zero-order chi connectivity index (χ0) is 28.3. The van der Waals surface area contributed by atoms with Crippen LogP contribution in [0.5, 0.6) is 5.75 Å². The minimum absolute atomic E-state index is 0.105. The number of likely N-dealkylation sites (tertiary alicyclic amines) is 1. The maximum absolute atomic E-state index is 12.6. The Hall–Kier alpha value is -3.32. The molecule has 1 aliphatic carbocycles. The molecule has 0 spiro atoms. The van der Waals surface area contributed by atoms with E-state index in [1.807, 2.05) is 30.3 Å². The molecule has 2 aliphatic rings. The first-order chi connectivity index (χ1) is 20.0. The molecule has 4 aromatic rings. The van der Waals surface area contributed by atoms with Crippen LogP contribution in [0.1, 0.15) is 47.9 Å². The largest absolute Gasteiger partial charge is 0.489 e. The van der Waals surface area contributed by atoms with Crippen LogP contribution in [0.3, 0.4) is 0 Å². The quantitative estimate of drug-likeness (QED) is 0.225. The predicted octanol–water partition coefficient (Wildman–Crippen LogP) is 8.05. The monoisotopic (exact) mass is 592 g/mol. The molecule has 6 rings (SSSR count). The lowest BCUT2D eigenvalue weighted by molar-refractivity contribution is 0.198. The zero-order valence-corrected chi connectivity index (χ0v) is 24.1. The van der Waals surface area contributed by atoms with Gasteiger partial charge in [0.2, 0.25) is 0 Å². The molecule has 1 aromatic heterocycles. The highest BCUT2D eigenvalue weighted by Crippen LogP contribution is 2.43. The summed E-state index contributed by atoms with van der Waals surface area (Å²) >= 11 is 13.0. The van der Waals surface area contributed by atoms with Crippen molar-refractivity contribution in [3.8, 4) is 17.1 Å². The predicted molar refractivity (Wildman–Crippen MR) is 163 cm³/mol. The zero-order valence-electron chi connectivity index (χ0n) is 22.6. The van der Waals surface area contributed by atoms with Crippen LogP contribution >= 0.6 is 23.2 Å². The summed E-state index contributed by atoms with van der Waals surface area (Å²) in [5.41, 5.74) is 7.22. The van der Waals surface area contributed by atoms with Gasteiger partial charge in [0.1, 0.15) is 11.9 Å². The number of aryl methyl sites for hydroxylation is 1. The smallest absolute Gasteiger partial charge is 0.280 e. The molecule has 8 heteroatoms. The highest BCUT2D eigenvalue weighted by Gasteiger charge is 2.25. The van der Waals surface area contributed by atoms with Crippen LogP contribution in [0.15, 0.2) is 76.0 Å². The number of aromatic amines is 1. The molecule has 1 N–H and O–H groups in total. The first-order valence-electron chi connectivity index (χ1n) is 14.0. The molecule has 2 heterocycles. The normalized spacial score (nSPS) is 17.5. The maximum Gasteiger partial charge on any atom is 0.280 e. The summed E-state index contributed by atoms with van der Waals surface area (Å²) in [6.45, 7) is 2.25. The Labute approximate surface area is 248 Å². The first kappa shape index (κ1) is 27.8. The molecule has 1 aliphatic heterocycles. The van der Waals surface area contributed by atoms with E-state index in [2.05, 4.69) is 34.3 Å². The van der Waals surface area contributed by atoms with E-state index in [4.69, 9.17) is 32.5 Å². The lowest BCUT2D eigenvalue weighted by Gasteiger charge is -2.19. The Morgan fingerprint density at radius 2 is 1.78 bits per heavy atom. The van der Waals surface area contributed by atoms with Crippen LogP contribution in [0.4, 0.5) is 4.39 Å². The van der Waals surface area contributed by atoms with Gasteiger partial charge in [0, 0.05) is 35.2 Å². The van der Waals surface area contributed by atoms with Crippen molar-refractivity contribution in [1.82, 2.24) is 10.1 Å². The summed E-state index contributed by atoms with van der Waals surface area (Å²) < 4.78 is 24.3. The molecular weight excluding hydrogens is 562 g/mol. The van der Waals surface area contributed by atoms with Crippen molar-refractivity contribution in [2.45, 2.75) is 38.2 Å². The van der Waals surface area contributed by atoms with Crippen molar-refractivity contribution in [1.29, 1.82) is 0 Å². The minimum atomic E-state index is -0.282. The van der Waals surface area contributed by atoms with Gasteiger partial charge in [0.25, 0.3) is 5.56 Å². The van der Waals surface area contributed by atoms with E-state index in [9.17, 15) is 9.18 Å². The number of nitrogens with zero attached hydrogens (tertiary/aromatic N) is 1. The average Bonchev–Trinajstić information content (AvgIpc) is 3.56. The number of H-pyrrole nitrogens is 1. The van der Waals surface area contributed by atoms with Crippen molar-refractivity contribution in [3.63, 3.8) is 0 Å². The summed E-state index contributed by atoms with van der Waals surface area (Å²) in [6.07, 6.45) is 4.27. The number of hydrogen-bond donors (Lipinski definition) is 1. The van der Waals surface area contributed by atoms with E-state index in [1.54, 1.807) is 6.07 Å². The second kappa shape index (κ2) is 12.3. The van der Waals surface area contributed by atoms with Crippen molar-refractivity contribution in [3.05, 3.63) is 109 Å². The molecule has 1 fully saturated rings. The minimum Gasteiger partial charge on any atom is -0.489 e. The van der Waals surface area contributed by atoms with Crippen LogP contribution in [-0.2, 0) is 6.42 Å². The second-order valence-corrected chi connectivity index (χ2v) is 11.5. The standard InChI is InChI=1S/C33H31Cl2FN2O3/c34-24-8-12-28(30(35)18-24)29-4-1-3-22-17-23(31-19-32(39)37-41-31)7-11-27(22)33(29)21-5-9-25(10-6-21)40-26-13-16-38(20-26)15-2-14-36/h5-12,17-19,26H,1-4,13-16,20H2,(H,37,39). The Bertz CT molecular complexity index is 1630. The molecule has 1 saturated heterocycles. The highest BCUT2D eigenvalue weighted by molar-refractivity contribution is 6.36. The van der Waals surface area contributed by atoms with Gasteiger partial charge in [-0.3, -0.25) is 14.1 Å². The molecule has 0 amide bonds. The topological polar surface area (TPSA) is 58.5 Å². The van der Waals surface area contributed by atoms with E-state index < -0.39 is 0 Å². The summed E-state index contributed by atoms with van der Waals surface area (Å²) in [6, 6.07) is 21.6. The van der Waals surface area contributed by atoms with Gasteiger partial charge in [-0.25, -0.2) is 0 Å². The van der Waals surface area contributed by atoms with Crippen LogP contribution in [0.2, 0.25) is 10.0 Å². The number of aromatic nitrogens is 1. The Kier molecular flexibility index (Phi) is 8.33. The molecular formula is C33H31Cl2FN2O3. The number of allylic oxidation sites excluding steroid dienone is 1. The van der Waals surface area contributed by atoms with Crippen molar-refractivity contribution < 1.29 is 13.7 Å². The number of nitrogens with one attached hydrogen (secondary N) is 1. The van der Waals surface area contributed by atoms with Crippen molar-refractivity contribution in [2.24, 2.45) is 0 Å². The Morgan fingerprint density at radius 1 is 0.976 bits per heavy atom. The molecule has 5 nitrogen and oxygen atoms in total. The molecule has 0 bridgehead atoms. The number of hydrogen-bond acceptors (Lipinski definition) is 4. The van der Waals surface area contributed by atoms with E-state index in [0.29, 0.717) is 22.2 Å². The number of alkyl halides is 1. The van der Waals surface area contributed by atoms with Gasteiger partial charge in [0.05, 0.1) is 12.7 Å². The summed E-state index contributed by atoms with van der Waals surface area (Å²) in [7, 11) is 0. The number of fused-ring (bicyclic) bond motifs is 1. The summed E-state index contributed by atoms with van der Waals surface area (Å²) in [4.78, 5) is 14.0. The summed E-state index contributed by atoms with van der Waals surface area (Å²) in [5.74, 6) is 1.34.